The van der Waals surface area contributed by atoms with E-state index in [1.807, 2.05) is 24.3 Å². The molecule has 1 heterocycles. The molecule has 0 saturated heterocycles. The molecule has 1 aliphatic rings. The zero-order valence-electron chi connectivity index (χ0n) is 15.2. The number of benzene rings is 2. The zero-order chi connectivity index (χ0) is 20.6. The van der Waals surface area contributed by atoms with E-state index < -0.39 is 17.7 Å². The molecule has 1 unspecified atom stereocenters. The summed E-state index contributed by atoms with van der Waals surface area (Å²) in [7, 11) is 0. The number of carboxylic acids is 1. The highest BCUT2D eigenvalue weighted by atomic mass is 19.4. The van der Waals surface area contributed by atoms with Gasteiger partial charge in [-0.15, -0.1) is 0 Å². The number of hydrogen-bond acceptors (Lipinski definition) is 3. The molecule has 29 heavy (non-hydrogen) atoms. The fraction of sp³-hybridized carbons (Fsp3) is 0.227. The van der Waals surface area contributed by atoms with Crippen LogP contribution in [0.3, 0.4) is 0 Å². The Hall–Kier alpha value is -3.22. The van der Waals surface area contributed by atoms with Crippen molar-refractivity contribution in [3.05, 3.63) is 77.7 Å². The lowest BCUT2D eigenvalue weighted by atomic mass is 10.1. The van der Waals surface area contributed by atoms with Crippen molar-refractivity contribution in [2.45, 2.75) is 25.1 Å². The normalized spacial score (nSPS) is 18.4. The molecule has 0 radical (unpaired) electrons. The van der Waals surface area contributed by atoms with Crippen LogP contribution in [0, 0.1) is 5.92 Å². The lowest BCUT2D eigenvalue weighted by Gasteiger charge is -2.06. The van der Waals surface area contributed by atoms with E-state index in [9.17, 15) is 18.0 Å². The van der Waals surface area contributed by atoms with Crippen molar-refractivity contribution < 1.29 is 27.5 Å². The summed E-state index contributed by atoms with van der Waals surface area (Å²) >= 11 is 0. The standard InChI is InChI=1S/C22H18F3NO3/c23-22(24,25)16-5-1-13(2-6-16)15-9-18(29-12-15)11-26-17-7-3-14(4-8-17)19-10-20(19)21(27)28/h1-9,12,19-20,26H,10-11H2,(H,27,28)/t19?,20-/m0/s1. The Bertz CT molecular complexity index is 1010. The largest absolute Gasteiger partial charge is 0.481 e. The summed E-state index contributed by atoms with van der Waals surface area (Å²) in [6.07, 6.45) is -2.16. The van der Waals surface area contributed by atoms with E-state index in [-0.39, 0.29) is 11.8 Å². The molecule has 1 aromatic heterocycles. The van der Waals surface area contributed by atoms with Gasteiger partial charge in [-0.05, 0) is 53.8 Å². The average Bonchev–Trinajstić information content (AvgIpc) is 3.37. The first kappa shape index (κ1) is 19.1. The maximum Gasteiger partial charge on any atom is 0.416 e. The minimum absolute atomic E-state index is 0.0953. The summed E-state index contributed by atoms with van der Waals surface area (Å²) < 4.78 is 43.5. The van der Waals surface area contributed by atoms with Crippen molar-refractivity contribution in [2.75, 3.05) is 5.32 Å². The topological polar surface area (TPSA) is 62.5 Å². The van der Waals surface area contributed by atoms with Crippen molar-refractivity contribution in [2.24, 2.45) is 5.92 Å². The fourth-order valence-corrected chi connectivity index (χ4v) is 3.35. The number of aliphatic carboxylic acids is 1. The van der Waals surface area contributed by atoms with Gasteiger partial charge < -0.3 is 14.8 Å². The maximum atomic E-state index is 12.7. The van der Waals surface area contributed by atoms with Crippen LogP contribution in [-0.2, 0) is 17.5 Å². The van der Waals surface area contributed by atoms with Gasteiger partial charge in [0.2, 0.25) is 0 Å². The van der Waals surface area contributed by atoms with Crippen LogP contribution in [0.4, 0.5) is 18.9 Å². The minimum atomic E-state index is -4.35. The molecule has 150 valence electrons. The summed E-state index contributed by atoms with van der Waals surface area (Å²) in [5.74, 6) is -0.283. The Labute approximate surface area is 165 Å². The highest BCUT2D eigenvalue weighted by Crippen LogP contribution is 2.47. The van der Waals surface area contributed by atoms with Crippen molar-refractivity contribution in [3.63, 3.8) is 0 Å². The maximum absolute atomic E-state index is 12.7. The Kier molecular flexibility index (Phi) is 4.82. The first-order valence-corrected chi connectivity index (χ1v) is 9.13. The SMILES string of the molecule is O=C(O)[C@H]1CC1c1ccc(NCc2cc(-c3ccc(C(F)(F)F)cc3)co2)cc1. The summed E-state index contributed by atoms with van der Waals surface area (Å²) in [6.45, 7) is 0.418. The van der Waals surface area contributed by atoms with Crippen molar-refractivity contribution in [1.29, 1.82) is 0 Å². The second-order valence-electron chi connectivity index (χ2n) is 7.14. The lowest BCUT2D eigenvalue weighted by molar-refractivity contribution is -0.139. The lowest BCUT2D eigenvalue weighted by Crippen LogP contribution is -2.03. The van der Waals surface area contributed by atoms with Gasteiger partial charge >= 0.3 is 12.1 Å². The first-order chi connectivity index (χ1) is 13.8. The van der Waals surface area contributed by atoms with E-state index in [2.05, 4.69) is 5.32 Å². The Morgan fingerprint density at radius 1 is 1.07 bits per heavy atom. The van der Waals surface area contributed by atoms with Gasteiger partial charge in [-0.1, -0.05) is 24.3 Å². The summed E-state index contributed by atoms with van der Waals surface area (Å²) in [4.78, 5) is 11.0. The fourth-order valence-electron chi connectivity index (χ4n) is 3.35. The molecule has 2 aromatic carbocycles. The third-order valence-electron chi connectivity index (χ3n) is 5.11. The number of furan rings is 1. The summed E-state index contributed by atoms with van der Waals surface area (Å²) in [5, 5.41) is 12.2. The molecule has 2 atom stereocenters. The number of carboxylic acid groups (broad SMARTS) is 1. The Morgan fingerprint density at radius 3 is 2.34 bits per heavy atom. The minimum Gasteiger partial charge on any atom is -0.481 e. The molecule has 4 rings (SSSR count). The van der Waals surface area contributed by atoms with Crippen LogP contribution in [0.1, 0.15) is 29.2 Å². The van der Waals surface area contributed by atoms with Crippen LogP contribution in [-0.4, -0.2) is 11.1 Å². The van der Waals surface area contributed by atoms with Gasteiger partial charge in [0.25, 0.3) is 0 Å². The van der Waals surface area contributed by atoms with Gasteiger partial charge in [-0.3, -0.25) is 4.79 Å². The molecular formula is C22H18F3NO3. The molecule has 0 bridgehead atoms. The molecule has 3 aromatic rings. The second kappa shape index (κ2) is 7.31. The monoisotopic (exact) mass is 401 g/mol. The average molecular weight is 401 g/mol. The number of hydrogen-bond donors (Lipinski definition) is 2. The summed E-state index contributed by atoms with van der Waals surface area (Å²) in [5.41, 5.74) is 2.56. The molecule has 0 spiro atoms. The van der Waals surface area contributed by atoms with E-state index in [1.54, 1.807) is 6.07 Å². The quantitative estimate of drug-likeness (QED) is 0.551. The summed E-state index contributed by atoms with van der Waals surface area (Å²) in [6, 6.07) is 14.4. The molecule has 4 nitrogen and oxygen atoms in total. The predicted molar refractivity (Wildman–Crippen MR) is 101 cm³/mol. The van der Waals surface area contributed by atoms with Gasteiger partial charge in [0.05, 0.1) is 24.3 Å². The van der Waals surface area contributed by atoms with Gasteiger partial charge in [-0.2, -0.15) is 13.2 Å². The second-order valence-corrected chi connectivity index (χ2v) is 7.14. The molecule has 1 aliphatic carbocycles. The highest BCUT2D eigenvalue weighted by Gasteiger charge is 2.44. The molecule has 0 aliphatic heterocycles. The van der Waals surface area contributed by atoms with Crippen LogP contribution < -0.4 is 5.32 Å². The first-order valence-electron chi connectivity index (χ1n) is 9.13. The van der Waals surface area contributed by atoms with E-state index in [1.165, 1.54) is 18.4 Å². The number of halogens is 3. The molecule has 7 heteroatoms. The van der Waals surface area contributed by atoms with E-state index in [0.717, 1.165) is 23.4 Å². The third kappa shape index (κ3) is 4.29. The molecule has 0 amide bonds. The number of nitrogens with one attached hydrogen (secondary N) is 1. The smallest absolute Gasteiger partial charge is 0.416 e. The predicted octanol–water partition coefficient (Wildman–Crippen LogP) is 5.77. The zero-order valence-corrected chi connectivity index (χ0v) is 15.2. The van der Waals surface area contributed by atoms with Crippen LogP contribution in [0.5, 0.6) is 0 Å². The van der Waals surface area contributed by atoms with Gasteiger partial charge in [-0.25, -0.2) is 0 Å². The van der Waals surface area contributed by atoms with Crippen LogP contribution >= 0.6 is 0 Å². The highest BCUT2D eigenvalue weighted by molar-refractivity contribution is 5.75. The van der Waals surface area contributed by atoms with Crippen LogP contribution in [0.2, 0.25) is 0 Å². The number of anilines is 1. The van der Waals surface area contributed by atoms with Gasteiger partial charge in [0.15, 0.2) is 0 Å². The van der Waals surface area contributed by atoms with Crippen LogP contribution in [0.25, 0.3) is 11.1 Å². The number of rotatable bonds is 6. The van der Waals surface area contributed by atoms with E-state index in [4.69, 9.17) is 9.52 Å². The number of alkyl halides is 3. The molecule has 1 saturated carbocycles. The molecule has 1 fully saturated rings. The number of carbonyl (C=O) groups is 1. The van der Waals surface area contributed by atoms with Crippen molar-refractivity contribution in [3.8, 4) is 11.1 Å². The van der Waals surface area contributed by atoms with Gasteiger partial charge in [0, 0.05) is 11.3 Å². The Morgan fingerprint density at radius 2 is 1.76 bits per heavy atom. The van der Waals surface area contributed by atoms with Crippen molar-refractivity contribution in [1.82, 2.24) is 0 Å². The van der Waals surface area contributed by atoms with Crippen molar-refractivity contribution >= 4 is 11.7 Å². The van der Waals surface area contributed by atoms with E-state index in [0.29, 0.717) is 29.9 Å². The van der Waals surface area contributed by atoms with Crippen LogP contribution in [0.15, 0.2) is 65.3 Å². The molecule has 2 N–H and O–H groups in total. The third-order valence-corrected chi connectivity index (χ3v) is 5.11. The van der Waals surface area contributed by atoms with Gasteiger partial charge in [0.1, 0.15) is 5.76 Å². The Balaban J connectivity index is 1.35. The molecular weight excluding hydrogens is 383 g/mol. The van der Waals surface area contributed by atoms with E-state index >= 15 is 0 Å².